The maximum absolute atomic E-state index is 11.0. The zero-order chi connectivity index (χ0) is 12.4. The lowest BCUT2D eigenvalue weighted by atomic mass is 9.98. The summed E-state index contributed by atoms with van der Waals surface area (Å²) in [7, 11) is 0. The third-order valence-corrected chi connectivity index (χ3v) is 2.93. The van der Waals surface area contributed by atoms with E-state index >= 15 is 0 Å². The molecule has 2 rings (SSSR count). The molecule has 0 spiro atoms. The van der Waals surface area contributed by atoms with Crippen LogP contribution in [0.3, 0.4) is 0 Å². The van der Waals surface area contributed by atoms with Gasteiger partial charge >= 0.3 is 5.97 Å². The van der Waals surface area contributed by atoms with Gasteiger partial charge in [0.25, 0.3) is 0 Å². The van der Waals surface area contributed by atoms with Crippen molar-refractivity contribution in [2.24, 2.45) is 0 Å². The largest absolute Gasteiger partial charge is 0.507 e. The average Bonchev–Trinajstić information content (AvgIpc) is 2.32. The Hall–Kier alpha value is -1.59. The molecule has 1 aromatic carbocycles. The van der Waals surface area contributed by atoms with E-state index in [-0.39, 0.29) is 17.4 Å². The van der Waals surface area contributed by atoms with Gasteiger partial charge in [-0.15, -0.1) is 0 Å². The minimum atomic E-state index is -1.10. The van der Waals surface area contributed by atoms with Gasteiger partial charge in [0.2, 0.25) is 0 Å². The van der Waals surface area contributed by atoms with E-state index in [1.54, 1.807) is 0 Å². The Morgan fingerprint density at radius 3 is 2.76 bits per heavy atom. The SMILES string of the molecule is Cc1cc(C(=O)O)c(O)c([C@@H]2CNCCN2)c1. The van der Waals surface area contributed by atoms with Crippen LogP contribution in [0.1, 0.15) is 27.5 Å². The van der Waals surface area contributed by atoms with Crippen LogP contribution in [0.4, 0.5) is 0 Å². The number of nitrogens with one attached hydrogen (secondary N) is 2. The summed E-state index contributed by atoms with van der Waals surface area (Å²) in [6.07, 6.45) is 0. The quantitative estimate of drug-likeness (QED) is 0.605. The normalized spacial score (nSPS) is 20.2. The van der Waals surface area contributed by atoms with Gasteiger partial charge < -0.3 is 20.8 Å². The van der Waals surface area contributed by atoms with E-state index in [1.165, 1.54) is 6.07 Å². The molecule has 1 saturated heterocycles. The maximum atomic E-state index is 11.0. The lowest BCUT2D eigenvalue weighted by Gasteiger charge is -2.26. The highest BCUT2D eigenvalue weighted by Gasteiger charge is 2.22. The molecular formula is C12H16N2O3. The van der Waals surface area contributed by atoms with E-state index in [1.807, 2.05) is 13.0 Å². The third-order valence-electron chi connectivity index (χ3n) is 2.93. The lowest BCUT2D eigenvalue weighted by molar-refractivity contribution is 0.0693. The van der Waals surface area contributed by atoms with Gasteiger partial charge in [0, 0.05) is 31.2 Å². The Labute approximate surface area is 99.5 Å². The second kappa shape index (κ2) is 4.73. The van der Waals surface area contributed by atoms with Gasteiger partial charge in [0.05, 0.1) is 0 Å². The highest BCUT2D eigenvalue weighted by atomic mass is 16.4. The fourth-order valence-electron chi connectivity index (χ4n) is 2.11. The summed E-state index contributed by atoms with van der Waals surface area (Å²) in [5.74, 6) is -1.24. The molecule has 1 aliphatic heterocycles. The van der Waals surface area contributed by atoms with E-state index in [0.717, 1.165) is 18.7 Å². The summed E-state index contributed by atoms with van der Waals surface area (Å²) in [5, 5.41) is 25.5. The number of hydrogen-bond donors (Lipinski definition) is 4. The fourth-order valence-corrected chi connectivity index (χ4v) is 2.11. The van der Waals surface area contributed by atoms with Crippen LogP contribution in [0.2, 0.25) is 0 Å². The van der Waals surface area contributed by atoms with Crippen molar-refractivity contribution in [2.75, 3.05) is 19.6 Å². The van der Waals surface area contributed by atoms with E-state index in [0.29, 0.717) is 12.1 Å². The summed E-state index contributed by atoms with van der Waals surface area (Å²) in [4.78, 5) is 11.0. The Balaban J connectivity index is 2.41. The molecule has 0 amide bonds. The van der Waals surface area contributed by atoms with Crippen LogP contribution in [-0.4, -0.2) is 35.8 Å². The van der Waals surface area contributed by atoms with Crippen LogP contribution < -0.4 is 10.6 Å². The number of aromatic hydroxyl groups is 1. The molecule has 17 heavy (non-hydrogen) atoms. The molecule has 92 valence electrons. The number of aryl methyl sites for hydroxylation is 1. The molecule has 4 N–H and O–H groups in total. The van der Waals surface area contributed by atoms with E-state index in [4.69, 9.17) is 5.11 Å². The fraction of sp³-hybridized carbons (Fsp3) is 0.417. The van der Waals surface area contributed by atoms with E-state index < -0.39 is 5.97 Å². The Morgan fingerprint density at radius 1 is 1.41 bits per heavy atom. The molecule has 1 fully saturated rings. The number of carboxylic acid groups (broad SMARTS) is 1. The van der Waals surface area contributed by atoms with Crippen LogP contribution in [0.5, 0.6) is 5.75 Å². The second-order valence-corrected chi connectivity index (χ2v) is 4.27. The van der Waals surface area contributed by atoms with Crippen molar-refractivity contribution in [1.29, 1.82) is 0 Å². The van der Waals surface area contributed by atoms with Crippen molar-refractivity contribution in [3.63, 3.8) is 0 Å². The zero-order valence-corrected chi connectivity index (χ0v) is 9.66. The van der Waals surface area contributed by atoms with E-state index in [2.05, 4.69) is 10.6 Å². The number of phenols is 1. The first-order valence-corrected chi connectivity index (χ1v) is 5.60. The molecule has 0 bridgehead atoms. The van der Waals surface area contributed by atoms with Crippen molar-refractivity contribution in [3.8, 4) is 5.75 Å². The number of piperazine rings is 1. The molecule has 1 aromatic rings. The first-order chi connectivity index (χ1) is 8.09. The predicted octanol–water partition coefficient (Wildman–Crippen LogP) is 0.633. The van der Waals surface area contributed by atoms with Gasteiger partial charge in [-0.05, 0) is 18.6 Å². The highest BCUT2D eigenvalue weighted by molar-refractivity contribution is 5.91. The van der Waals surface area contributed by atoms with Crippen molar-refractivity contribution in [3.05, 3.63) is 28.8 Å². The minimum absolute atomic E-state index is 0.0348. The van der Waals surface area contributed by atoms with Gasteiger partial charge in [0.1, 0.15) is 11.3 Å². The molecule has 1 aliphatic rings. The van der Waals surface area contributed by atoms with Gasteiger partial charge in [-0.3, -0.25) is 0 Å². The molecule has 1 atom stereocenters. The number of carbonyl (C=O) groups is 1. The summed E-state index contributed by atoms with van der Waals surface area (Å²) >= 11 is 0. The molecule has 0 radical (unpaired) electrons. The van der Waals surface area contributed by atoms with Gasteiger partial charge in [0.15, 0.2) is 0 Å². The first kappa shape index (κ1) is 11.9. The second-order valence-electron chi connectivity index (χ2n) is 4.27. The number of carboxylic acids is 1. The molecule has 0 aliphatic carbocycles. The van der Waals surface area contributed by atoms with Crippen LogP contribution in [-0.2, 0) is 0 Å². The molecule has 5 heteroatoms. The monoisotopic (exact) mass is 236 g/mol. The lowest BCUT2D eigenvalue weighted by Crippen LogP contribution is -2.42. The summed E-state index contributed by atoms with van der Waals surface area (Å²) in [6, 6.07) is 3.27. The highest BCUT2D eigenvalue weighted by Crippen LogP contribution is 2.30. The summed E-state index contributed by atoms with van der Waals surface area (Å²) in [6.45, 7) is 4.21. The van der Waals surface area contributed by atoms with Crippen molar-refractivity contribution in [1.82, 2.24) is 10.6 Å². The average molecular weight is 236 g/mol. The number of rotatable bonds is 2. The van der Waals surface area contributed by atoms with Crippen molar-refractivity contribution < 1.29 is 15.0 Å². The Bertz CT molecular complexity index is 440. The zero-order valence-electron chi connectivity index (χ0n) is 9.66. The standard InChI is InChI=1S/C12H16N2O3/c1-7-4-8(10-6-13-2-3-14-10)11(15)9(5-7)12(16)17/h4-5,10,13-15H,2-3,6H2,1H3,(H,16,17)/t10-/m0/s1. The smallest absolute Gasteiger partial charge is 0.339 e. The first-order valence-electron chi connectivity index (χ1n) is 5.60. The minimum Gasteiger partial charge on any atom is -0.507 e. The van der Waals surface area contributed by atoms with Crippen molar-refractivity contribution in [2.45, 2.75) is 13.0 Å². The van der Waals surface area contributed by atoms with Crippen LogP contribution >= 0.6 is 0 Å². The van der Waals surface area contributed by atoms with Gasteiger partial charge in [-0.25, -0.2) is 4.79 Å². The van der Waals surface area contributed by atoms with Crippen molar-refractivity contribution >= 4 is 5.97 Å². The molecule has 0 aromatic heterocycles. The number of aromatic carboxylic acids is 1. The predicted molar refractivity (Wildman–Crippen MR) is 63.4 cm³/mol. The van der Waals surface area contributed by atoms with Crippen LogP contribution in [0.25, 0.3) is 0 Å². The third kappa shape index (κ3) is 2.40. The van der Waals surface area contributed by atoms with E-state index in [9.17, 15) is 9.90 Å². The molecule has 5 nitrogen and oxygen atoms in total. The number of hydrogen-bond acceptors (Lipinski definition) is 4. The topological polar surface area (TPSA) is 81.6 Å². The maximum Gasteiger partial charge on any atom is 0.339 e. The molecule has 1 heterocycles. The number of benzene rings is 1. The Morgan fingerprint density at radius 2 is 2.18 bits per heavy atom. The summed E-state index contributed by atoms with van der Waals surface area (Å²) in [5.41, 5.74) is 1.45. The molecule has 0 unspecified atom stereocenters. The molecule has 0 saturated carbocycles. The van der Waals surface area contributed by atoms with Gasteiger partial charge in [-0.1, -0.05) is 6.07 Å². The van der Waals surface area contributed by atoms with Crippen LogP contribution in [0.15, 0.2) is 12.1 Å². The summed E-state index contributed by atoms with van der Waals surface area (Å²) < 4.78 is 0. The van der Waals surface area contributed by atoms with Gasteiger partial charge in [-0.2, -0.15) is 0 Å². The van der Waals surface area contributed by atoms with Crippen LogP contribution in [0, 0.1) is 6.92 Å². The Kier molecular flexibility index (Phi) is 3.31. The molecular weight excluding hydrogens is 220 g/mol.